The zero-order valence-corrected chi connectivity index (χ0v) is 32.8. The van der Waals surface area contributed by atoms with E-state index in [0.29, 0.717) is 19.0 Å². The van der Waals surface area contributed by atoms with E-state index in [1.165, 1.54) is 0 Å². The Labute approximate surface area is 309 Å². The maximum Gasteiger partial charge on any atom is 0.487 e. The summed E-state index contributed by atoms with van der Waals surface area (Å²) in [6.45, 7) is 18.0. The molecule has 0 radical (unpaired) electrons. The minimum Gasteiger partial charge on any atom is -0.473 e. The van der Waals surface area contributed by atoms with Gasteiger partial charge in [-0.15, -0.1) is 0 Å². The van der Waals surface area contributed by atoms with Gasteiger partial charge in [0.15, 0.2) is 6.23 Å². The number of rotatable bonds is 13. The molecule has 1 N–H and O–H groups in total. The number of likely N-dealkylation sites (N-methyl/N-ethyl adjacent to an activating group) is 1. The van der Waals surface area contributed by atoms with Crippen LogP contribution in [0.1, 0.15) is 84.1 Å². The summed E-state index contributed by atoms with van der Waals surface area (Å²) in [5, 5.41) is 24.9. The Bertz CT molecular complexity index is 1810. The van der Waals surface area contributed by atoms with Crippen LogP contribution in [0, 0.1) is 10.5 Å². The highest BCUT2D eigenvalue weighted by Crippen LogP contribution is 2.38. The lowest BCUT2D eigenvalue weighted by atomic mass is 9.89. The van der Waals surface area contributed by atoms with E-state index in [0.717, 1.165) is 81.6 Å². The van der Waals surface area contributed by atoms with Crippen LogP contribution in [-0.2, 0) is 34.2 Å². The van der Waals surface area contributed by atoms with Crippen LogP contribution < -0.4 is 4.74 Å². The van der Waals surface area contributed by atoms with Gasteiger partial charge >= 0.3 is 7.12 Å². The van der Waals surface area contributed by atoms with E-state index in [1.807, 2.05) is 41.6 Å². The second kappa shape index (κ2) is 15.1. The topological polar surface area (TPSA) is 114 Å². The first kappa shape index (κ1) is 37.0. The smallest absolute Gasteiger partial charge is 0.473 e. The average molecular weight is 800 g/mol. The molecule has 2 atom stereocenters. The third-order valence-corrected chi connectivity index (χ3v) is 11.6. The number of aromatic nitrogens is 6. The molecular formula is C36H51BIN7O5. The van der Waals surface area contributed by atoms with Gasteiger partial charge in [0, 0.05) is 32.1 Å². The Kier molecular flexibility index (Phi) is 11.2. The van der Waals surface area contributed by atoms with E-state index in [4.69, 9.17) is 23.9 Å². The Morgan fingerprint density at radius 1 is 1.18 bits per heavy atom. The highest BCUT2D eigenvalue weighted by molar-refractivity contribution is 14.1. The molecular weight excluding hydrogens is 748 g/mol. The second-order valence-corrected chi connectivity index (χ2v) is 15.5. The van der Waals surface area contributed by atoms with Gasteiger partial charge in [-0.1, -0.05) is 19.0 Å². The molecule has 270 valence electrons. The minimum atomic E-state index is -0.473. The first-order valence-electron chi connectivity index (χ1n) is 17.7. The van der Waals surface area contributed by atoms with E-state index in [1.54, 1.807) is 4.68 Å². The van der Waals surface area contributed by atoms with E-state index in [9.17, 15) is 5.11 Å². The fourth-order valence-electron chi connectivity index (χ4n) is 6.64. The maximum atomic E-state index is 9.58. The van der Waals surface area contributed by atoms with Crippen LogP contribution in [0.5, 0.6) is 5.88 Å². The third kappa shape index (κ3) is 7.56. The lowest BCUT2D eigenvalue weighted by Crippen LogP contribution is -2.41. The van der Waals surface area contributed by atoms with Gasteiger partial charge in [0.05, 0.1) is 62.3 Å². The molecule has 1 aromatic carbocycles. The lowest BCUT2D eigenvalue weighted by Gasteiger charge is -2.32. The molecule has 14 heteroatoms. The van der Waals surface area contributed by atoms with Crippen molar-refractivity contribution in [3.8, 4) is 17.0 Å². The molecule has 1 unspecified atom stereocenters. The van der Waals surface area contributed by atoms with Gasteiger partial charge < -0.3 is 23.9 Å². The Hall–Kier alpha value is -2.76. The van der Waals surface area contributed by atoms with Gasteiger partial charge in [-0.3, -0.25) is 9.58 Å². The van der Waals surface area contributed by atoms with E-state index < -0.39 is 18.3 Å². The van der Waals surface area contributed by atoms with Crippen molar-refractivity contribution in [2.45, 2.75) is 104 Å². The Morgan fingerprint density at radius 3 is 2.62 bits per heavy atom. The van der Waals surface area contributed by atoms with Gasteiger partial charge in [0.2, 0.25) is 5.88 Å². The van der Waals surface area contributed by atoms with Crippen LogP contribution >= 0.6 is 22.6 Å². The summed E-state index contributed by atoms with van der Waals surface area (Å²) in [5.74, 6) is 2.66. The largest absolute Gasteiger partial charge is 0.487 e. The van der Waals surface area contributed by atoms with Crippen molar-refractivity contribution >= 4 is 46.7 Å². The normalized spacial score (nSPS) is 19.7. The van der Waals surface area contributed by atoms with Crippen LogP contribution in [-0.4, -0.2) is 90.1 Å². The van der Waals surface area contributed by atoms with Crippen molar-refractivity contribution in [3.63, 3.8) is 0 Å². The SMILES string of the molecule is CCN(Cc1c(I)c(C)nn1CCO)C[C@H](C)Oc1c(-c2ccc3c(c2)c(/C=C/B2OC(C)(C)C(C)(C)O2)nn3C2CCCCO2)cnn1C. The van der Waals surface area contributed by atoms with Crippen LogP contribution in [0.25, 0.3) is 28.1 Å². The molecule has 50 heavy (non-hydrogen) atoms. The van der Waals surface area contributed by atoms with Gasteiger partial charge in [0.25, 0.3) is 0 Å². The highest BCUT2D eigenvalue weighted by Gasteiger charge is 2.50. The number of ether oxygens (including phenoxy) is 2. The number of aryl methyl sites for hydroxylation is 2. The lowest BCUT2D eigenvalue weighted by molar-refractivity contribution is -0.0367. The highest BCUT2D eigenvalue weighted by atomic mass is 127. The summed E-state index contributed by atoms with van der Waals surface area (Å²) in [6, 6.07) is 6.41. The molecule has 0 aliphatic carbocycles. The van der Waals surface area contributed by atoms with E-state index in [-0.39, 0.29) is 18.9 Å². The van der Waals surface area contributed by atoms with Crippen molar-refractivity contribution in [2.24, 2.45) is 7.05 Å². The number of aliphatic hydroxyl groups is 1. The molecule has 0 amide bonds. The maximum absolute atomic E-state index is 9.58. The molecule has 12 nitrogen and oxygen atoms in total. The number of fused-ring (bicyclic) bond motifs is 1. The predicted octanol–water partition coefficient (Wildman–Crippen LogP) is 6.17. The van der Waals surface area contributed by atoms with Crippen molar-refractivity contribution in [3.05, 3.63) is 51.0 Å². The third-order valence-electron chi connectivity index (χ3n) is 10.2. The molecule has 2 aliphatic rings. The summed E-state index contributed by atoms with van der Waals surface area (Å²) in [4.78, 5) is 2.35. The van der Waals surface area contributed by atoms with E-state index >= 15 is 0 Å². The average Bonchev–Trinajstić information content (AvgIpc) is 3.77. The minimum absolute atomic E-state index is 0.0534. The molecule has 2 fully saturated rings. The molecule has 2 saturated heterocycles. The molecule has 2 aliphatic heterocycles. The summed E-state index contributed by atoms with van der Waals surface area (Å²) < 4.78 is 32.2. The van der Waals surface area contributed by atoms with Crippen LogP contribution in [0.3, 0.4) is 0 Å². The fourth-order valence-corrected chi connectivity index (χ4v) is 7.20. The molecule has 6 rings (SSSR count). The number of nitrogens with zero attached hydrogens (tertiary/aromatic N) is 7. The number of benzene rings is 1. The zero-order chi connectivity index (χ0) is 35.8. The quantitative estimate of drug-likeness (QED) is 0.125. The number of hydrogen-bond acceptors (Lipinski definition) is 9. The standard InChI is InChI=1S/C36H51BIN7O5/c1-9-43(23-31-33(38)25(3)40-44(31)17-18-46)22-24(2)48-34-28(21-39-42(34)8)26-13-14-30-27(20-26)29(41-45(30)32-12-10-11-19-47-32)15-16-37-49-35(4,5)36(6,7)50-37/h13-16,20-21,24,32,46H,9-12,17-19,22-23H2,1-8H3/b16-15+/t24-,32?/m0/s1. The predicted molar refractivity (Wildman–Crippen MR) is 204 cm³/mol. The van der Waals surface area contributed by atoms with Crippen molar-refractivity contribution < 1.29 is 23.9 Å². The molecule has 5 heterocycles. The number of hydrogen-bond donors (Lipinski definition) is 1. The fraction of sp³-hybridized carbons (Fsp3) is 0.583. The first-order chi connectivity index (χ1) is 23.8. The van der Waals surface area contributed by atoms with Gasteiger partial charge in [-0.25, -0.2) is 9.36 Å². The van der Waals surface area contributed by atoms with Crippen LogP contribution in [0.4, 0.5) is 0 Å². The monoisotopic (exact) mass is 799 g/mol. The molecule has 0 bridgehead atoms. The summed E-state index contributed by atoms with van der Waals surface area (Å²) in [6.07, 6.45) is 6.75. The van der Waals surface area contributed by atoms with Crippen LogP contribution in [0.2, 0.25) is 0 Å². The van der Waals surface area contributed by atoms with Gasteiger partial charge in [0.1, 0.15) is 6.10 Å². The van der Waals surface area contributed by atoms with Gasteiger partial charge in [-0.2, -0.15) is 15.3 Å². The van der Waals surface area contributed by atoms with Gasteiger partial charge in [-0.05, 0) is 114 Å². The number of aliphatic hydroxyl groups excluding tert-OH is 1. The first-order valence-corrected chi connectivity index (χ1v) is 18.8. The molecule has 4 aromatic rings. The Balaban J connectivity index is 1.26. The molecule has 0 spiro atoms. The summed E-state index contributed by atoms with van der Waals surface area (Å²) in [7, 11) is 1.44. The van der Waals surface area contributed by atoms with Crippen molar-refractivity contribution in [1.82, 2.24) is 34.2 Å². The van der Waals surface area contributed by atoms with Crippen molar-refractivity contribution in [1.29, 1.82) is 0 Å². The zero-order valence-electron chi connectivity index (χ0n) is 30.6. The second-order valence-electron chi connectivity index (χ2n) is 14.4. The summed E-state index contributed by atoms with van der Waals surface area (Å²) >= 11 is 2.36. The summed E-state index contributed by atoms with van der Waals surface area (Å²) in [5.41, 5.74) is 5.00. The number of halogens is 1. The van der Waals surface area contributed by atoms with Crippen LogP contribution in [0.15, 0.2) is 30.4 Å². The molecule has 3 aromatic heterocycles. The Morgan fingerprint density at radius 2 is 1.94 bits per heavy atom. The molecule has 0 saturated carbocycles. The van der Waals surface area contributed by atoms with Crippen molar-refractivity contribution in [2.75, 3.05) is 26.3 Å². The van der Waals surface area contributed by atoms with E-state index in [2.05, 4.69) is 97.4 Å².